The number of esters is 1. The fourth-order valence-corrected chi connectivity index (χ4v) is 4.36. The maximum Gasteiger partial charge on any atom is 0.307 e. The van der Waals surface area contributed by atoms with Crippen LogP contribution in [-0.4, -0.2) is 30.6 Å². The molecular formula is C30H37NO3. The summed E-state index contributed by atoms with van der Waals surface area (Å²) in [4.78, 5) is 14.6. The zero-order valence-electron chi connectivity index (χ0n) is 20.7. The molecule has 180 valence electrons. The van der Waals surface area contributed by atoms with Crippen LogP contribution in [0.15, 0.2) is 84.9 Å². The number of benzene rings is 3. The van der Waals surface area contributed by atoms with Gasteiger partial charge < -0.3 is 9.47 Å². The summed E-state index contributed by atoms with van der Waals surface area (Å²) in [6, 6.07) is 29.4. The molecule has 0 aromatic heterocycles. The summed E-state index contributed by atoms with van der Waals surface area (Å²) in [5.74, 6) is 0.722. The zero-order valence-corrected chi connectivity index (χ0v) is 20.7. The van der Waals surface area contributed by atoms with Crippen LogP contribution in [0.5, 0.6) is 5.75 Å². The molecule has 2 atom stereocenters. The van der Waals surface area contributed by atoms with E-state index in [0.717, 1.165) is 37.1 Å². The van der Waals surface area contributed by atoms with E-state index >= 15 is 0 Å². The SMILES string of the molecule is CCC[C@@H](CC(=O)OC)N(CCc1ccc(OCc2ccccc2)cc1)[C@@H](C)c1ccccc1. The second-order valence-corrected chi connectivity index (χ2v) is 8.72. The predicted molar refractivity (Wildman–Crippen MR) is 138 cm³/mol. The lowest BCUT2D eigenvalue weighted by atomic mass is 9.99. The van der Waals surface area contributed by atoms with Crippen LogP contribution >= 0.6 is 0 Å². The van der Waals surface area contributed by atoms with E-state index in [2.05, 4.69) is 67.3 Å². The topological polar surface area (TPSA) is 38.8 Å². The summed E-state index contributed by atoms with van der Waals surface area (Å²) in [6.07, 6.45) is 3.29. The molecule has 0 aliphatic heterocycles. The maximum atomic E-state index is 12.2. The molecular weight excluding hydrogens is 422 g/mol. The van der Waals surface area contributed by atoms with Crippen molar-refractivity contribution >= 4 is 5.97 Å². The van der Waals surface area contributed by atoms with Gasteiger partial charge in [0.2, 0.25) is 0 Å². The van der Waals surface area contributed by atoms with Gasteiger partial charge in [0.1, 0.15) is 12.4 Å². The molecule has 0 saturated carbocycles. The summed E-state index contributed by atoms with van der Waals surface area (Å²) in [6.45, 7) is 5.83. The number of carbonyl (C=O) groups excluding carboxylic acids is 1. The smallest absolute Gasteiger partial charge is 0.307 e. The van der Waals surface area contributed by atoms with Crippen LogP contribution in [0.25, 0.3) is 0 Å². The Morgan fingerprint density at radius 2 is 1.53 bits per heavy atom. The van der Waals surface area contributed by atoms with Crippen LogP contribution < -0.4 is 4.74 Å². The fraction of sp³-hybridized carbons (Fsp3) is 0.367. The number of ether oxygens (including phenoxy) is 2. The minimum atomic E-state index is -0.149. The van der Waals surface area contributed by atoms with Crippen molar-refractivity contribution in [3.05, 3.63) is 102 Å². The number of nitrogens with zero attached hydrogens (tertiary/aromatic N) is 1. The quantitative estimate of drug-likeness (QED) is 0.270. The van der Waals surface area contributed by atoms with Gasteiger partial charge in [-0.25, -0.2) is 0 Å². The van der Waals surface area contributed by atoms with Crippen molar-refractivity contribution < 1.29 is 14.3 Å². The van der Waals surface area contributed by atoms with Gasteiger partial charge in [0.05, 0.1) is 13.5 Å². The van der Waals surface area contributed by atoms with E-state index in [9.17, 15) is 4.79 Å². The highest BCUT2D eigenvalue weighted by Gasteiger charge is 2.26. The highest BCUT2D eigenvalue weighted by atomic mass is 16.5. The van der Waals surface area contributed by atoms with Crippen LogP contribution in [0, 0.1) is 0 Å². The van der Waals surface area contributed by atoms with Crippen molar-refractivity contribution in [2.24, 2.45) is 0 Å². The Hall–Kier alpha value is -3.11. The van der Waals surface area contributed by atoms with Crippen molar-refractivity contribution in [2.75, 3.05) is 13.7 Å². The third-order valence-electron chi connectivity index (χ3n) is 6.33. The van der Waals surface area contributed by atoms with E-state index in [1.54, 1.807) is 0 Å². The van der Waals surface area contributed by atoms with E-state index in [0.29, 0.717) is 13.0 Å². The van der Waals surface area contributed by atoms with Crippen LogP contribution in [-0.2, 0) is 22.6 Å². The molecule has 3 rings (SSSR count). The van der Waals surface area contributed by atoms with Gasteiger partial charge >= 0.3 is 5.97 Å². The molecule has 4 nitrogen and oxygen atoms in total. The number of methoxy groups -OCH3 is 1. The van der Waals surface area contributed by atoms with Crippen LogP contribution in [0.2, 0.25) is 0 Å². The molecule has 0 saturated heterocycles. The average Bonchev–Trinajstić information content (AvgIpc) is 2.89. The van der Waals surface area contributed by atoms with E-state index in [1.807, 2.05) is 36.4 Å². The van der Waals surface area contributed by atoms with E-state index in [-0.39, 0.29) is 18.1 Å². The summed E-state index contributed by atoms with van der Waals surface area (Å²) >= 11 is 0. The first kappa shape index (κ1) is 25.5. The Labute approximate surface area is 204 Å². The summed E-state index contributed by atoms with van der Waals surface area (Å²) in [5.41, 5.74) is 3.67. The Morgan fingerprint density at radius 1 is 0.882 bits per heavy atom. The molecule has 0 fully saturated rings. The molecule has 0 unspecified atom stereocenters. The van der Waals surface area contributed by atoms with Gasteiger partial charge in [-0.3, -0.25) is 9.69 Å². The van der Waals surface area contributed by atoms with Crippen molar-refractivity contribution in [2.45, 2.75) is 58.2 Å². The van der Waals surface area contributed by atoms with Crippen molar-refractivity contribution in [1.82, 2.24) is 4.90 Å². The molecule has 4 heteroatoms. The number of rotatable bonds is 13. The van der Waals surface area contributed by atoms with Gasteiger partial charge in [-0.15, -0.1) is 0 Å². The van der Waals surface area contributed by atoms with Crippen molar-refractivity contribution in [3.63, 3.8) is 0 Å². The van der Waals surface area contributed by atoms with Gasteiger partial charge in [-0.1, -0.05) is 86.1 Å². The molecule has 0 N–H and O–H groups in total. The molecule has 0 aliphatic rings. The van der Waals surface area contributed by atoms with Crippen LogP contribution in [0.1, 0.15) is 55.8 Å². The van der Waals surface area contributed by atoms with Gasteiger partial charge in [-0.05, 0) is 48.6 Å². The second kappa shape index (κ2) is 13.6. The zero-order chi connectivity index (χ0) is 24.2. The van der Waals surface area contributed by atoms with Crippen molar-refractivity contribution in [1.29, 1.82) is 0 Å². The maximum absolute atomic E-state index is 12.2. The lowest BCUT2D eigenvalue weighted by Crippen LogP contribution is -2.40. The number of hydrogen-bond donors (Lipinski definition) is 0. The minimum absolute atomic E-state index is 0.140. The lowest BCUT2D eigenvalue weighted by molar-refractivity contribution is -0.142. The average molecular weight is 460 g/mol. The largest absolute Gasteiger partial charge is 0.489 e. The van der Waals surface area contributed by atoms with E-state index in [1.165, 1.54) is 18.2 Å². The highest BCUT2D eigenvalue weighted by Crippen LogP contribution is 2.27. The molecule has 0 aliphatic carbocycles. The molecule has 0 radical (unpaired) electrons. The highest BCUT2D eigenvalue weighted by molar-refractivity contribution is 5.69. The third-order valence-corrected chi connectivity index (χ3v) is 6.33. The van der Waals surface area contributed by atoms with Crippen LogP contribution in [0.4, 0.5) is 0 Å². The van der Waals surface area contributed by atoms with Gasteiger partial charge in [-0.2, -0.15) is 0 Å². The first-order valence-electron chi connectivity index (χ1n) is 12.2. The minimum Gasteiger partial charge on any atom is -0.489 e. The van der Waals surface area contributed by atoms with Gasteiger partial charge in [0.25, 0.3) is 0 Å². The predicted octanol–water partition coefficient (Wildman–Crippen LogP) is 6.60. The Kier molecular flexibility index (Phi) is 10.2. The second-order valence-electron chi connectivity index (χ2n) is 8.72. The molecule has 0 bridgehead atoms. The Balaban J connectivity index is 1.68. The normalized spacial score (nSPS) is 12.8. The molecule has 0 amide bonds. The van der Waals surface area contributed by atoms with E-state index < -0.39 is 0 Å². The summed E-state index contributed by atoms with van der Waals surface area (Å²) in [7, 11) is 1.47. The fourth-order valence-electron chi connectivity index (χ4n) is 4.36. The van der Waals surface area contributed by atoms with Gasteiger partial charge in [0.15, 0.2) is 0 Å². The molecule has 34 heavy (non-hydrogen) atoms. The van der Waals surface area contributed by atoms with Crippen molar-refractivity contribution in [3.8, 4) is 5.75 Å². The lowest BCUT2D eigenvalue weighted by Gasteiger charge is -2.36. The number of hydrogen-bond acceptors (Lipinski definition) is 4. The van der Waals surface area contributed by atoms with Crippen LogP contribution in [0.3, 0.4) is 0 Å². The summed E-state index contributed by atoms with van der Waals surface area (Å²) in [5, 5.41) is 0. The first-order valence-corrected chi connectivity index (χ1v) is 12.2. The Morgan fingerprint density at radius 3 is 2.15 bits per heavy atom. The monoisotopic (exact) mass is 459 g/mol. The molecule has 0 spiro atoms. The van der Waals surface area contributed by atoms with Gasteiger partial charge in [0, 0.05) is 18.6 Å². The molecule has 3 aromatic carbocycles. The van der Waals surface area contributed by atoms with E-state index in [4.69, 9.17) is 9.47 Å². The first-order chi connectivity index (χ1) is 16.6. The Bertz CT molecular complexity index is 973. The molecule has 0 heterocycles. The molecule has 3 aromatic rings. The summed E-state index contributed by atoms with van der Waals surface area (Å²) < 4.78 is 10.9. The third kappa shape index (κ3) is 7.74. The number of carbonyl (C=O) groups is 1. The standard InChI is InChI=1S/C30H37NO3/c1-4-11-28(22-30(32)33-3)31(24(2)27-14-9-6-10-15-27)21-20-25-16-18-29(19-17-25)34-23-26-12-7-5-8-13-26/h5-10,12-19,24,28H,4,11,20-23H2,1-3H3/t24-,28-/m0/s1.